The van der Waals surface area contributed by atoms with Crippen LogP contribution in [-0.4, -0.2) is 20.5 Å². The number of fused-ring (bicyclic) bond motifs is 1. The molecule has 124 valence electrons. The number of benzene rings is 2. The SMILES string of the molecule is CS(=O)(=O)[N-]c1cc2c(cc1Sc1ccc(F)cc1F)C(=O)C=C2.[Na+]. The van der Waals surface area contributed by atoms with Crippen molar-refractivity contribution < 1.29 is 51.6 Å². The summed E-state index contributed by atoms with van der Waals surface area (Å²) in [6.07, 6.45) is 3.86. The van der Waals surface area contributed by atoms with Crippen LogP contribution >= 0.6 is 11.8 Å². The maximum absolute atomic E-state index is 13.9. The second-order valence-electron chi connectivity index (χ2n) is 5.11. The number of hydrogen-bond acceptors (Lipinski definition) is 4. The van der Waals surface area contributed by atoms with Gasteiger partial charge in [0.2, 0.25) is 0 Å². The summed E-state index contributed by atoms with van der Waals surface area (Å²) in [6.45, 7) is 0. The van der Waals surface area contributed by atoms with E-state index >= 15 is 0 Å². The minimum atomic E-state index is -3.69. The third-order valence-corrected chi connectivity index (χ3v) is 4.82. The van der Waals surface area contributed by atoms with E-state index in [1.807, 2.05) is 0 Å². The van der Waals surface area contributed by atoms with Gasteiger partial charge in [0.05, 0.1) is 10.0 Å². The van der Waals surface area contributed by atoms with Gasteiger partial charge in [-0.25, -0.2) is 17.2 Å². The van der Waals surface area contributed by atoms with E-state index in [2.05, 4.69) is 4.72 Å². The van der Waals surface area contributed by atoms with Gasteiger partial charge >= 0.3 is 29.6 Å². The number of halogens is 2. The molecule has 0 fully saturated rings. The number of carbonyl (C=O) groups excluding carboxylic acids is 1. The van der Waals surface area contributed by atoms with Crippen LogP contribution in [0.1, 0.15) is 15.9 Å². The fraction of sp³-hybridized carbons (Fsp3) is 0.0625. The predicted molar refractivity (Wildman–Crippen MR) is 88.2 cm³/mol. The molecule has 0 spiro atoms. The molecule has 1 aliphatic carbocycles. The molecule has 0 atom stereocenters. The van der Waals surface area contributed by atoms with Gasteiger partial charge in [0.25, 0.3) is 0 Å². The summed E-state index contributed by atoms with van der Waals surface area (Å²) in [6, 6.07) is 6.00. The molecule has 1 aliphatic rings. The molecular formula is C16H10F2NNaO3S2. The van der Waals surface area contributed by atoms with Gasteiger partial charge in [0.15, 0.2) is 5.78 Å². The van der Waals surface area contributed by atoms with Gasteiger partial charge in [0.1, 0.15) is 11.6 Å². The van der Waals surface area contributed by atoms with Gasteiger partial charge in [0, 0.05) is 22.8 Å². The topological polar surface area (TPSA) is 65.3 Å². The van der Waals surface area contributed by atoms with Crippen molar-refractivity contribution in [2.45, 2.75) is 9.79 Å². The Hall–Kier alpha value is -1.19. The molecule has 2 aromatic carbocycles. The van der Waals surface area contributed by atoms with Crippen LogP contribution in [0.15, 0.2) is 46.2 Å². The van der Waals surface area contributed by atoms with Crippen molar-refractivity contribution in [3.8, 4) is 0 Å². The van der Waals surface area contributed by atoms with Crippen molar-refractivity contribution in [3.05, 3.63) is 63.9 Å². The predicted octanol–water partition coefficient (Wildman–Crippen LogP) is 1.29. The van der Waals surface area contributed by atoms with Crippen LogP contribution in [0.4, 0.5) is 14.5 Å². The molecule has 0 aromatic heterocycles. The number of rotatable bonds is 4. The molecule has 25 heavy (non-hydrogen) atoms. The van der Waals surface area contributed by atoms with Gasteiger partial charge in [-0.05, 0) is 34.7 Å². The van der Waals surface area contributed by atoms with Crippen molar-refractivity contribution in [2.24, 2.45) is 0 Å². The van der Waals surface area contributed by atoms with Crippen molar-refractivity contribution >= 4 is 39.3 Å². The van der Waals surface area contributed by atoms with Gasteiger partial charge in [-0.3, -0.25) is 4.79 Å². The largest absolute Gasteiger partial charge is 1.00 e. The molecule has 0 bridgehead atoms. The summed E-state index contributed by atoms with van der Waals surface area (Å²) in [5, 5.41) is 0. The summed E-state index contributed by atoms with van der Waals surface area (Å²) in [7, 11) is -3.69. The minimum Gasteiger partial charge on any atom is -0.576 e. The third kappa shape index (κ3) is 4.71. The normalized spacial score (nSPS) is 12.7. The maximum Gasteiger partial charge on any atom is 1.00 e. The Morgan fingerprint density at radius 3 is 2.40 bits per heavy atom. The zero-order valence-corrected chi connectivity index (χ0v) is 16.9. The Balaban J connectivity index is 0.00000225. The van der Waals surface area contributed by atoms with E-state index < -0.39 is 21.7 Å². The zero-order valence-electron chi connectivity index (χ0n) is 13.3. The average Bonchev–Trinajstić information content (AvgIpc) is 2.81. The summed E-state index contributed by atoms with van der Waals surface area (Å²) < 4.78 is 53.5. The minimum absolute atomic E-state index is 0. The Labute approximate surface area is 170 Å². The van der Waals surface area contributed by atoms with E-state index in [4.69, 9.17) is 0 Å². The van der Waals surface area contributed by atoms with E-state index in [0.717, 1.165) is 30.2 Å². The van der Waals surface area contributed by atoms with Crippen LogP contribution in [0.2, 0.25) is 0 Å². The molecule has 0 radical (unpaired) electrons. The molecule has 0 saturated heterocycles. The van der Waals surface area contributed by atoms with Crippen LogP contribution in [-0.2, 0) is 10.0 Å². The first-order valence-corrected chi connectivity index (χ1v) is 9.36. The van der Waals surface area contributed by atoms with Crippen molar-refractivity contribution in [1.29, 1.82) is 0 Å². The zero-order chi connectivity index (χ0) is 17.5. The Bertz CT molecular complexity index is 991. The monoisotopic (exact) mass is 389 g/mol. The number of ketones is 1. The van der Waals surface area contributed by atoms with E-state index in [1.54, 1.807) is 6.08 Å². The smallest absolute Gasteiger partial charge is 0.576 e. The second-order valence-corrected chi connectivity index (χ2v) is 7.84. The van der Waals surface area contributed by atoms with Gasteiger partial charge in [-0.2, -0.15) is 0 Å². The van der Waals surface area contributed by atoms with Crippen LogP contribution in [0.3, 0.4) is 0 Å². The molecule has 9 heteroatoms. The first-order chi connectivity index (χ1) is 11.2. The molecule has 0 aliphatic heterocycles. The average molecular weight is 389 g/mol. The standard InChI is InChI=1S/C16H11F2NO3S2.Na/c1-24(21,22)19-13-6-9-2-4-14(20)11(9)8-16(13)23-15-5-3-10(17)7-12(15)18;/h2-8H,1H3,(H,19,20);/q;+1/p-1. The van der Waals surface area contributed by atoms with Crippen molar-refractivity contribution in [2.75, 3.05) is 6.26 Å². The number of allylic oxidation sites excluding steroid dienone is 1. The third-order valence-electron chi connectivity index (χ3n) is 3.19. The van der Waals surface area contributed by atoms with Crippen LogP contribution in [0, 0.1) is 11.6 Å². The van der Waals surface area contributed by atoms with E-state index in [-0.39, 0.29) is 45.9 Å². The first kappa shape index (κ1) is 20.1. The van der Waals surface area contributed by atoms with E-state index in [0.29, 0.717) is 16.0 Å². The van der Waals surface area contributed by atoms with Gasteiger partial charge < -0.3 is 4.72 Å². The number of nitrogens with zero attached hydrogens (tertiary/aromatic N) is 1. The van der Waals surface area contributed by atoms with Crippen LogP contribution in [0.25, 0.3) is 10.8 Å². The van der Waals surface area contributed by atoms with Crippen LogP contribution in [0.5, 0.6) is 0 Å². The molecule has 0 unspecified atom stereocenters. The molecule has 0 amide bonds. The van der Waals surface area contributed by atoms with Crippen LogP contribution < -0.4 is 29.6 Å². The van der Waals surface area contributed by atoms with Crippen molar-refractivity contribution in [1.82, 2.24) is 0 Å². The number of carbonyl (C=O) groups is 1. The van der Waals surface area contributed by atoms with Gasteiger partial charge in [-0.1, -0.05) is 23.9 Å². The number of sulfonamides is 1. The molecular weight excluding hydrogens is 379 g/mol. The fourth-order valence-corrected chi connectivity index (χ4v) is 3.68. The summed E-state index contributed by atoms with van der Waals surface area (Å²) in [5.74, 6) is -1.72. The summed E-state index contributed by atoms with van der Waals surface area (Å²) in [4.78, 5) is 12.2. The summed E-state index contributed by atoms with van der Waals surface area (Å²) in [5.41, 5.74) is 1.03. The molecule has 0 heterocycles. The van der Waals surface area contributed by atoms with Gasteiger partial charge in [-0.15, -0.1) is 5.69 Å². The molecule has 2 aromatic rings. The molecule has 4 nitrogen and oxygen atoms in total. The van der Waals surface area contributed by atoms with E-state index in [9.17, 15) is 22.0 Å². The summed E-state index contributed by atoms with van der Waals surface area (Å²) >= 11 is 0.878. The van der Waals surface area contributed by atoms with E-state index in [1.165, 1.54) is 24.3 Å². The second kappa shape index (κ2) is 7.59. The quantitative estimate of drug-likeness (QED) is 0.740. The first-order valence-electron chi connectivity index (χ1n) is 6.69. The Kier molecular flexibility index (Phi) is 6.11. The molecule has 0 saturated carbocycles. The number of hydrogen-bond donors (Lipinski definition) is 0. The Morgan fingerprint density at radius 1 is 1.04 bits per heavy atom. The maximum atomic E-state index is 13.9. The molecule has 3 rings (SSSR count). The van der Waals surface area contributed by atoms with Crippen molar-refractivity contribution in [3.63, 3.8) is 0 Å². The fourth-order valence-electron chi connectivity index (χ4n) is 2.20. The Morgan fingerprint density at radius 2 is 1.76 bits per heavy atom. The molecule has 0 N–H and O–H groups in total.